The van der Waals surface area contributed by atoms with Crippen molar-refractivity contribution in [2.24, 2.45) is 35.5 Å². The van der Waals surface area contributed by atoms with Gasteiger partial charge in [-0.25, -0.2) is 0 Å². The van der Waals surface area contributed by atoms with Crippen molar-refractivity contribution in [3.63, 3.8) is 0 Å². The van der Waals surface area contributed by atoms with Gasteiger partial charge >= 0.3 is 0 Å². The Kier molecular flexibility index (Phi) is 3.80. The molecule has 5 rings (SSSR count). The Morgan fingerprint density at radius 1 is 1.05 bits per heavy atom. The molecule has 0 aromatic heterocycles. The summed E-state index contributed by atoms with van der Waals surface area (Å²) in [6, 6.07) is 0.746. The standard InChI is InChI=1S/C18H31NO/c1-2-19-18(14-4-3-5-20-11-14)17-15-7-12-6-13(9-15)10-16(17)8-12/h12-19H,2-11H2,1H3. The molecule has 2 atom stereocenters. The molecule has 0 aromatic rings. The Balaban J connectivity index is 1.53. The average Bonchev–Trinajstić information content (AvgIpc) is 2.46. The highest BCUT2D eigenvalue weighted by atomic mass is 16.5. The van der Waals surface area contributed by atoms with E-state index in [2.05, 4.69) is 12.2 Å². The van der Waals surface area contributed by atoms with Crippen molar-refractivity contribution in [2.45, 2.75) is 57.9 Å². The molecular weight excluding hydrogens is 246 g/mol. The van der Waals surface area contributed by atoms with E-state index in [4.69, 9.17) is 4.74 Å². The Bertz CT molecular complexity index is 308. The first-order valence-corrected chi connectivity index (χ1v) is 9.16. The van der Waals surface area contributed by atoms with Gasteiger partial charge in [-0.15, -0.1) is 0 Å². The van der Waals surface area contributed by atoms with Gasteiger partial charge in [0.1, 0.15) is 0 Å². The van der Waals surface area contributed by atoms with Crippen LogP contribution in [-0.4, -0.2) is 25.8 Å². The largest absolute Gasteiger partial charge is 0.381 e. The number of hydrogen-bond donors (Lipinski definition) is 1. The lowest BCUT2D eigenvalue weighted by atomic mass is 9.49. The Morgan fingerprint density at radius 2 is 1.75 bits per heavy atom. The van der Waals surface area contributed by atoms with Crippen molar-refractivity contribution in [1.82, 2.24) is 5.32 Å². The molecule has 2 nitrogen and oxygen atoms in total. The second kappa shape index (κ2) is 5.61. The van der Waals surface area contributed by atoms with Crippen molar-refractivity contribution in [2.75, 3.05) is 19.8 Å². The van der Waals surface area contributed by atoms with Gasteiger partial charge in [0, 0.05) is 12.6 Å². The van der Waals surface area contributed by atoms with Crippen molar-refractivity contribution in [1.29, 1.82) is 0 Å². The number of ether oxygens (including phenoxy) is 1. The van der Waals surface area contributed by atoms with Crippen LogP contribution in [0.4, 0.5) is 0 Å². The predicted octanol–water partition coefficient (Wildman–Crippen LogP) is 3.46. The van der Waals surface area contributed by atoms with Gasteiger partial charge in [-0.05, 0) is 87.0 Å². The summed E-state index contributed by atoms with van der Waals surface area (Å²) in [6.45, 7) is 5.42. The minimum absolute atomic E-state index is 0.746. The number of nitrogens with one attached hydrogen (secondary N) is 1. The van der Waals surface area contributed by atoms with E-state index in [1.807, 2.05) is 0 Å². The van der Waals surface area contributed by atoms with Crippen molar-refractivity contribution >= 4 is 0 Å². The smallest absolute Gasteiger partial charge is 0.0509 e. The molecule has 114 valence electrons. The fourth-order valence-corrected chi connectivity index (χ4v) is 6.46. The molecule has 1 N–H and O–H groups in total. The molecule has 2 heteroatoms. The second-order valence-corrected chi connectivity index (χ2v) is 8.07. The number of hydrogen-bond acceptors (Lipinski definition) is 2. The summed E-state index contributed by atoms with van der Waals surface area (Å²) in [4.78, 5) is 0. The third-order valence-electron chi connectivity index (χ3n) is 6.86. The molecule has 2 unspecified atom stereocenters. The molecule has 5 aliphatic rings. The van der Waals surface area contributed by atoms with Gasteiger partial charge in [0.05, 0.1) is 6.61 Å². The van der Waals surface area contributed by atoms with Gasteiger partial charge in [-0.1, -0.05) is 6.92 Å². The quantitative estimate of drug-likeness (QED) is 0.849. The zero-order valence-electron chi connectivity index (χ0n) is 13.0. The minimum Gasteiger partial charge on any atom is -0.381 e. The highest BCUT2D eigenvalue weighted by Crippen LogP contribution is 2.58. The maximum absolute atomic E-state index is 5.81. The van der Waals surface area contributed by atoms with Gasteiger partial charge < -0.3 is 10.1 Å². The Morgan fingerprint density at radius 3 is 2.30 bits per heavy atom. The lowest BCUT2D eigenvalue weighted by molar-refractivity contribution is -0.0738. The topological polar surface area (TPSA) is 21.3 Å². The minimum atomic E-state index is 0.746. The first-order chi connectivity index (χ1) is 9.85. The van der Waals surface area contributed by atoms with E-state index in [1.54, 1.807) is 32.1 Å². The van der Waals surface area contributed by atoms with Gasteiger partial charge in [0.25, 0.3) is 0 Å². The molecule has 1 aliphatic heterocycles. The van der Waals surface area contributed by atoms with Gasteiger partial charge in [0.15, 0.2) is 0 Å². The molecule has 4 bridgehead atoms. The highest BCUT2D eigenvalue weighted by molar-refractivity contribution is 5.03. The van der Waals surface area contributed by atoms with Crippen molar-refractivity contribution in [3.8, 4) is 0 Å². The second-order valence-electron chi connectivity index (χ2n) is 8.07. The van der Waals surface area contributed by atoms with Crippen LogP contribution in [-0.2, 0) is 4.74 Å². The van der Waals surface area contributed by atoms with E-state index in [-0.39, 0.29) is 0 Å². The fraction of sp³-hybridized carbons (Fsp3) is 1.00. The zero-order valence-corrected chi connectivity index (χ0v) is 13.0. The molecule has 4 saturated carbocycles. The van der Waals surface area contributed by atoms with E-state index in [1.165, 1.54) is 12.8 Å². The van der Waals surface area contributed by atoms with Crippen LogP contribution >= 0.6 is 0 Å². The van der Waals surface area contributed by atoms with Gasteiger partial charge in [-0.3, -0.25) is 0 Å². The fourth-order valence-electron chi connectivity index (χ4n) is 6.46. The van der Waals surface area contributed by atoms with E-state index >= 15 is 0 Å². The van der Waals surface area contributed by atoms with Crippen LogP contribution in [0.15, 0.2) is 0 Å². The summed E-state index contributed by atoms with van der Waals surface area (Å²) < 4.78 is 5.81. The summed E-state index contributed by atoms with van der Waals surface area (Å²) in [5.41, 5.74) is 0. The van der Waals surface area contributed by atoms with Gasteiger partial charge in [-0.2, -0.15) is 0 Å². The number of rotatable bonds is 4. The summed E-state index contributed by atoms with van der Waals surface area (Å²) >= 11 is 0. The normalized spacial score (nSPS) is 48.5. The molecule has 0 radical (unpaired) electrons. The monoisotopic (exact) mass is 277 g/mol. The van der Waals surface area contributed by atoms with Crippen LogP contribution in [0.25, 0.3) is 0 Å². The van der Waals surface area contributed by atoms with Crippen LogP contribution in [0.3, 0.4) is 0 Å². The third kappa shape index (κ3) is 2.33. The maximum Gasteiger partial charge on any atom is 0.0509 e. The maximum atomic E-state index is 5.81. The lowest BCUT2D eigenvalue weighted by Crippen LogP contribution is -2.56. The van der Waals surface area contributed by atoms with Crippen LogP contribution < -0.4 is 5.32 Å². The van der Waals surface area contributed by atoms with Crippen LogP contribution in [0.2, 0.25) is 0 Å². The summed E-state index contributed by atoms with van der Waals surface area (Å²) in [7, 11) is 0. The van der Waals surface area contributed by atoms with Crippen molar-refractivity contribution in [3.05, 3.63) is 0 Å². The van der Waals surface area contributed by atoms with Crippen molar-refractivity contribution < 1.29 is 4.74 Å². The molecule has 0 aromatic carbocycles. The summed E-state index contributed by atoms with van der Waals surface area (Å²) in [5.74, 6) is 6.02. The summed E-state index contributed by atoms with van der Waals surface area (Å²) in [6.07, 6.45) is 10.4. The van der Waals surface area contributed by atoms with E-state index in [9.17, 15) is 0 Å². The Hall–Kier alpha value is -0.0800. The lowest BCUT2D eigenvalue weighted by Gasteiger charge is -2.57. The first kappa shape index (κ1) is 13.6. The average molecular weight is 277 g/mol. The van der Waals surface area contributed by atoms with Crippen LogP contribution in [0.5, 0.6) is 0 Å². The molecule has 1 saturated heterocycles. The molecule has 20 heavy (non-hydrogen) atoms. The zero-order chi connectivity index (χ0) is 13.5. The highest BCUT2D eigenvalue weighted by Gasteiger charge is 2.51. The predicted molar refractivity (Wildman–Crippen MR) is 81.5 cm³/mol. The van der Waals surface area contributed by atoms with Crippen LogP contribution in [0.1, 0.15) is 51.9 Å². The molecule has 0 spiro atoms. The van der Waals surface area contributed by atoms with E-state index in [0.29, 0.717) is 0 Å². The van der Waals surface area contributed by atoms with Gasteiger partial charge in [0.2, 0.25) is 0 Å². The Labute approximate surface area is 124 Å². The summed E-state index contributed by atoms with van der Waals surface area (Å²) in [5, 5.41) is 3.90. The first-order valence-electron chi connectivity index (χ1n) is 9.16. The molecule has 4 aliphatic carbocycles. The SMILES string of the molecule is CCNC(C1CCCOC1)C1C2CC3CC(C2)CC1C3. The van der Waals surface area contributed by atoms with E-state index < -0.39 is 0 Å². The molecule has 0 amide bonds. The van der Waals surface area contributed by atoms with Crippen LogP contribution in [0, 0.1) is 35.5 Å². The molecular formula is C18H31NO. The third-order valence-corrected chi connectivity index (χ3v) is 6.86. The molecule has 5 fully saturated rings. The molecule has 1 heterocycles. The van der Waals surface area contributed by atoms with E-state index in [0.717, 1.165) is 61.3 Å².